The van der Waals surface area contributed by atoms with E-state index < -0.39 is 11.5 Å². The molecule has 0 heterocycles. The van der Waals surface area contributed by atoms with Gasteiger partial charge in [0.25, 0.3) is 5.91 Å². The number of carboxylic acid groups (broad SMARTS) is 1. The van der Waals surface area contributed by atoms with Crippen LogP contribution in [-0.2, 0) is 9.59 Å². The first kappa shape index (κ1) is 16.5. The Morgan fingerprint density at radius 1 is 1.17 bits per heavy atom. The number of amides is 2. The fourth-order valence-electron chi connectivity index (χ4n) is 3.33. The van der Waals surface area contributed by atoms with Gasteiger partial charge in [0, 0.05) is 17.2 Å². The molecular formula is C18H22N2O4. The van der Waals surface area contributed by atoms with E-state index in [1.165, 1.54) is 0 Å². The van der Waals surface area contributed by atoms with Crippen molar-refractivity contribution in [1.82, 2.24) is 5.32 Å². The Hall–Kier alpha value is -2.37. The lowest BCUT2D eigenvalue weighted by atomic mass is 9.92. The molecule has 1 aromatic carbocycles. The lowest BCUT2D eigenvalue weighted by Crippen LogP contribution is -2.47. The van der Waals surface area contributed by atoms with Crippen molar-refractivity contribution in [2.45, 2.75) is 50.5 Å². The Morgan fingerprint density at radius 3 is 2.50 bits per heavy atom. The van der Waals surface area contributed by atoms with Gasteiger partial charge in [0.15, 0.2) is 0 Å². The van der Waals surface area contributed by atoms with Gasteiger partial charge >= 0.3 is 5.97 Å². The molecule has 0 saturated heterocycles. The standard InChI is InChI=1S/C18H22N2O4/c21-15(22)11-18(8-1-2-9-18)20-17(24)13-4-3-5-14(10-13)19-16(23)12-6-7-12/h3-5,10,12H,1-2,6-9,11H2,(H,19,23)(H,20,24)(H,21,22). The Labute approximate surface area is 140 Å². The number of hydrogen-bond donors (Lipinski definition) is 3. The minimum absolute atomic E-state index is 0.00861. The van der Waals surface area contributed by atoms with Crippen LogP contribution in [0.3, 0.4) is 0 Å². The lowest BCUT2D eigenvalue weighted by Gasteiger charge is -2.28. The van der Waals surface area contributed by atoms with Crippen LogP contribution < -0.4 is 10.6 Å². The third kappa shape index (κ3) is 3.93. The number of hydrogen-bond acceptors (Lipinski definition) is 3. The lowest BCUT2D eigenvalue weighted by molar-refractivity contribution is -0.138. The molecule has 6 heteroatoms. The Balaban J connectivity index is 1.69. The topological polar surface area (TPSA) is 95.5 Å². The average molecular weight is 330 g/mol. The molecule has 0 bridgehead atoms. The number of carbonyl (C=O) groups excluding carboxylic acids is 2. The van der Waals surface area contributed by atoms with E-state index in [9.17, 15) is 14.4 Å². The highest BCUT2D eigenvalue weighted by Gasteiger charge is 2.37. The van der Waals surface area contributed by atoms with E-state index in [1.807, 2.05) is 0 Å². The highest BCUT2D eigenvalue weighted by Crippen LogP contribution is 2.33. The quantitative estimate of drug-likeness (QED) is 0.747. The molecule has 0 spiro atoms. The van der Waals surface area contributed by atoms with E-state index in [2.05, 4.69) is 10.6 Å². The van der Waals surface area contributed by atoms with Crippen molar-refractivity contribution in [3.63, 3.8) is 0 Å². The van der Waals surface area contributed by atoms with Crippen LogP contribution in [0.1, 0.15) is 55.3 Å². The molecule has 1 aromatic rings. The van der Waals surface area contributed by atoms with Gasteiger partial charge in [-0.3, -0.25) is 14.4 Å². The van der Waals surface area contributed by atoms with Crippen LogP contribution in [0.15, 0.2) is 24.3 Å². The number of carboxylic acids is 1. The zero-order valence-electron chi connectivity index (χ0n) is 13.5. The largest absolute Gasteiger partial charge is 0.481 e. The number of benzene rings is 1. The number of rotatable bonds is 6. The molecule has 0 aromatic heterocycles. The zero-order valence-corrected chi connectivity index (χ0v) is 13.5. The maximum Gasteiger partial charge on any atom is 0.305 e. The molecule has 128 valence electrons. The highest BCUT2D eigenvalue weighted by molar-refractivity contribution is 5.98. The van der Waals surface area contributed by atoms with Crippen molar-refractivity contribution in [2.24, 2.45) is 5.92 Å². The SMILES string of the molecule is O=C(O)CC1(NC(=O)c2cccc(NC(=O)C3CC3)c2)CCCC1. The smallest absolute Gasteiger partial charge is 0.305 e. The van der Waals surface area contributed by atoms with Crippen molar-refractivity contribution in [3.05, 3.63) is 29.8 Å². The van der Waals surface area contributed by atoms with E-state index in [0.29, 0.717) is 24.1 Å². The summed E-state index contributed by atoms with van der Waals surface area (Å²) in [7, 11) is 0. The van der Waals surface area contributed by atoms with Gasteiger partial charge in [0.2, 0.25) is 5.91 Å². The van der Waals surface area contributed by atoms with Gasteiger partial charge in [-0.2, -0.15) is 0 Å². The summed E-state index contributed by atoms with van der Waals surface area (Å²) in [5.74, 6) is -1.10. The monoisotopic (exact) mass is 330 g/mol. The van der Waals surface area contributed by atoms with Gasteiger partial charge in [-0.05, 0) is 43.9 Å². The van der Waals surface area contributed by atoms with Gasteiger partial charge < -0.3 is 15.7 Å². The zero-order chi connectivity index (χ0) is 17.2. The van der Waals surface area contributed by atoms with Gasteiger partial charge in [-0.1, -0.05) is 18.9 Å². The minimum Gasteiger partial charge on any atom is -0.481 e. The molecule has 0 radical (unpaired) electrons. The predicted octanol–water partition coefficient (Wildman–Crippen LogP) is 2.55. The van der Waals surface area contributed by atoms with Crippen molar-refractivity contribution >= 4 is 23.5 Å². The van der Waals surface area contributed by atoms with Crippen LogP contribution in [0.2, 0.25) is 0 Å². The third-order valence-electron chi connectivity index (χ3n) is 4.77. The van der Waals surface area contributed by atoms with Crippen LogP contribution in [0.25, 0.3) is 0 Å². The van der Waals surface area contributed by atoms with Gasteiger partial charge in [0.05, 0.1) is 12.0 Å². The fraction of sp³-hybridized carbons (Fsp3) is 0.500. The Kier molecular flexibility index (Phi) is 4.55. The van der Waals surface area contributed by atoms with Crippen LogP contribution >= 0.6 is 0 Å². The van der Waals surface area contributed by atoms with Crippen LogP contribution in [0.5, 0.6) is 0 Å². The molecule has 3 N–H and O–H groups in total. The number of aliphatic carboxylic acids is 1. The summed E-state index contributed by atoms with van der Waals surface area (Å²) in [6.45, 7) is 0. The predicted molar refractivity (Wildman–Crippen MR) is 88.7 cm³/mol. The molecule has 3 rings (SSSR count). The summed E-state index contributed by atoms with van der Waals surface area (Å²) < 4.78 is 0. The minimum atomic E-state index is -0.900. The molecular weight excluding hydrogens is 308 g/mol. The van der Waals surface area contributed by atoms with Crippen molar-refractivity contribution < 1.29 is 19.5 Å². The summed E-state index contributed by atoms with van der Waals surface area (Å²) >= 11 is 0. The normalized spacial score (nSPS) is 18.8. The molecule has 0 aliphatic heterocycles. The Morgan fingerprint density at radius 2 is 1.88 bits per heavy atom. The maximum atomic E-state index is 12.6. The van der Waals surface area contributed by atoms with E-state index in [0.717, 1.165) is 25.7 Å². The van der Waals surface area contributed by atoms with Crippen LogP contribution in [-0.4, -0.2) is 28.4 Å². The first-order valence-corrected chi connectivity index (χ1v) is 8.43. The summed E-state index contributed by atoms with van der Waals surface area (Å²) in [5.41, 5.74) is 0.370. The Bertz CT molecular complexity index is 661. The second kappa shape index (κ2) is 6.63. The van der Waals surface area contributed by atoms with Crippen molar-refractivity contribution in [2.75, 3.05) is 5.32 Å². The van der Waals surface area contributed by atoms with Gasteiger partial charge in [-0.15, -0.1) is 0 Å². The third-order valence-corrected chi connectivity index (χ3v) is 4.77. The average Bonchev–Trinajstić information content (AvgIpc) is 3.29. The first-order chi connectivity index (χ1) is 11.5. The van der Waals surface area contributed by atoms with Crippen molar-refractivity contribution in [3.8, 4) is 0 Å². The van der Waals surface area contributed by atoms with Gasteiger partial charge in [-0.25, -0.2) is 0 Å². The second-order valence-electron chi connectivity index (χ2n) is 6.86. The van der Waals surface area contributed by atoms with Gasteiger partial charge in [0.1, 0.15) is 0 Å². The molecule has 2 saturated carbocycles. The maximum absolute atomic E-state index is 12.6. The van der Waals surface area contributed by atoms with Crippen LogP contribution in [0.4, 0.5) is 5.69 Å². The molecule has 0 unspecified atom stereocenters. The van der Waals surface area contributed by atoms with E-state index in [-0.39, 0.29) is 24.2 Å². The van der Waals surface area contributed by atoms with Crippen LogP contribution in [0, 0.1) is 5.92 Å². The molecule has 2 aliphatic rings. The van der Waals surface area contributed by atoms with E-state index >= 15 is 0 Å². The van der Waals surface area contributed by atoms with Crippen molar-refractivity contribution in [1.29, 1.82) is 0 Å². The summed E-state index contributed by atoms with van der Waals surface area (Å²) in [4.78, 5) is 35.5. The van der Waals surface area contributed by atoms with E-state index in [1.54, 1.807) is 24.3 Å². The molecule has 2 fully saturated rings. The fourth-order valence-corrected chi connectivity index (χ4v) is 3.33. The summed E-state index contributed by atoms with van der Waals surface area (Å²) in [6.07, 6.45) is 4.99. The number of anilines is 1. The molecule has 24 heavy (non-hydrogen) atoms. The van der Waals surface area contributed by atoms with E-state index in [4.69, 9.17) is 5.11 Å². The number of carbonyl (C=O) groups is 3. The second-order valence-corrected chi connectivity index (χ2v) is 6.86. The molecule has 6 nitrogen and oxygen atoms in total. The first-order valence-electron chi connectivity index (χ1n) is 8.43. The highest BCUT2D eigenvalue weighted by atomic mass is 16.4. The molecule has 2 aliphatic carbocycles. The summed E-state index contributed by atoms with van der Waals surface area (Å²) in [5, 5.41) is 14.9. The molecule has 0 atom stereocenters. The molecule has 2 amide bonds. The summed E-state index contributed by atoms with van der Waals surface area (Å²) in [6, 6.07) is 6.78. The number of nitrogens with one attached hydrogen (secondary N) is 2.